The van der Waals surface area contributed by atoms with E-state index in [1.165, 1.54) is 4.31 Å². The van der Waals surface area contributed by atoms with E-state index in [0.29, 0.717) is 13.0 Å². The molecule has 0 aromatic carbocycles. The van der Waals surface area contributed by atoms with E-state index in [1.54, 1.807) is 12.4 Å². The Balaban J connectivity index is 1.99. The van der Waals surface area contributed by atoms with Crippen LogP contribution < -0.4 is 0 Å². The van der Waals surface area contributed by atoms with Gasteiger partial charge < -0.3 is 5.11 Å². The summed E-state index contributed by atoms with van der Waals surface area (Å²) in [5.74, 6) is 0.0908. The van der Waals surface area contributed by atoms with Crippen molar-refractivity contribution in [3.8, 4) is 0 Å². The molecule has 1 fully saturated rings. The molecular formula is C12H18N2O3S. The van der Waals surface area contributed by atoms with Gasteiger partial charge in [0.1, 0.15) is 0 Å². The highest BCUT2D eigenvalue weighted by Gasteiger charge is 2.33. The van der Waals surface area contributed by atoms with E-state index < -0.39 is 10.0 Å². The number of nitrogens with zero attached hydrogens (tertiary/aromatic N) is 2. The van der Waals surface area contributed by atoms with Crippen LogP contribution >= 0.6 is 0 Å². The molecule has 0 bridgehead atoms. The number of hydrogen-bond donors (Lipinski definition) is 1. The van der Waals surface area contributed by atoms with Crippen LogP contribution in [0.4, 0.5) is 0 Å². The van der Waals surface area contributed by atoms with Gasteiger partial charge in [0.25, 0.3) is 0 Å². The van der Waals surface area contributed by atoms with E-state index in [2.05, 4.69) is 4.98 Å². The zero-order chi connectivity index (χ0) is 13.0. The first-order chi connectivity index (χ1) is 8.63. The summed E-state index contributed by atoms with van der Waals surface area (Å²) in [5, 5.41) is 9.17. The third kappa shape index (κ3) is 3.07. The van der Waals surface area contributed by atoms with E-state index in [9.17, 15) is 13.5 Å². The fourth-order valence-corrected chi connectivity index (χ4v) is 4.03. The molecule has 18 heavy (non-hydrogen) atoms. The molecule has 1 saturated heterocycles. The molecule has 1 atom stereocenters. The lowest BCUT2D eigenvalue weighted by molar-refractivity contribution is 0.213. The first-order valence-corrected chi connectivity index (χ1v) is 7.73. The van der Waals surface area contributed by atoms with Crippen LogP contribution in [-0.4, -0.2) is 47.8 Å². The smallest absolute Gasteiger partial charge is 0.214 e. The number of rotatable bonds is 5. The highest BCUT2D eigenvalue weighted by Crippen LogP contribution is 2.21. The highest BCUT2D eigenvalue weighted by atomic mass is 32.2. The van der Waals surface area contributed by atoms with Gasteiger partial charge in [-0.25, -0.2) is 8.42 Å². The summed E-state index contributed by atoms with van der Waals surface area (Å²) in [7, 11) is -3.27. The molecule has 2 rings (SSSR count). The number of aliphatic hydroxyl groups excluding tert-OH is 1. The molecule has 1 aliphatic rings. The van der Waals surface area contributed by atoms with Crippen molar-refractivity contribution in [3.05, 3.63) is 30.1 Å². The highest BCUT2D eigenvalue weighted by molar-refractivity contribution is 7.89. The van der Waals surface area contributed by atoms with Gasteiger partial charge in [-0.2, -0.15) is 4.31 Å². The van der Waals surface area contributed by atoms with Crippen molar-refractivity contribution >= 4 is 10.0 Å². The predicted molar refractivity (Wildman–Crippen MR) is 68.5 cm³/mol. The molecule has 0 amide bonds. The normalized spacial score (nSPS) is 21.3. The average Bonchev–Trinajstić information content (AvgIpc) is 2.87. The van der Waals surface area contributed by atoms with Gasteiger partial charge in [-0.15, -0.1) is 0 Å². The van der Waals surface area contributed by atoms with Crippen molar-refractivity contribution in [1.82, 2.24) is 9.29 Å². The van der Waals surface area contributed by atoms with E-state index in [-0.39, 0.29) is 18.4 Å². The Kier molecular flexibility index (Phi) is 4.31. The van der Waals surface area contributed by atoms with Crippen molar-refractivity contribution in [2.24, 2.45) is 0 Å². The van der Waals surface area contributed by atoms with Gasteiger partial charge in [0, 0.05) is 25.0 Å². The van der Waals surface area contributed by atoms with Gasteiger partial charge >= 0.3 is 0 Å². The second-order valence-corrected chi connectivity index (χ2v) is 6.55. The molecule has 0 aliphatic carbocycles. The first kappa shape index (κ1) is 13.5. The minimum atomic E-state index is -3.27. The standard InChI is InChI=1S/C12H18N2O3S/c15-10-12-2-1-8-14(12)18(16,17)9-5-11-3-6-13-7-4-11/h3-4,6-7,12,15H,1-2,5,8-10H2. The van der Waals surface area contributed by atoms with Crippen molar-refractivity contribution in [3.63, 3.8) is 0 Å². The lowest BCUT2D eigenvalue weighted by Gasteiger charge is -2.22. The maximum absolute atomic E-state index is 12.2. The molecule has 1 aromatic heterocycles. The number of aryl methyl sites for hydroxylation is 1. The minimum absolute atomic E-state index is 0.0888. The lowest BCUT2D eigenvalue weighted by atomic mass is 10.2. The van der Waals surface area contributed by atoms with Gasteiger partial charge in [-0.1, -0.05) is 0 Å². The molecule has 0 radical (unpaired) electrons. The largest absolute Gasteiger partial charge is 0.395 e. The molecule has 1 aromatic rings. The van der Waals surface area contributed by atoms with E-state index in [4.69, 9.17) is 0 Å². The fraction of sp³-hybridized carbons (Fsp3) is 0.583. The summed E-state index contributed by atoms with van der Waals surface area (Å²) in [6.07, 6.45) is 5.40. The maximum Gasteiger partial charge on any atom is 0.214 e. The number of sulfonamides is 1. The zero-order valence-electron chi connectivity index (χ0n) is 10.2. The van der Waals surface area contributed by atoms with Crippen LogP contribution in [0.1, 0.15) is 18.4 Å². The monoisotopic (exact) mass is 270 g/mol. The fourth-order valence-electron chi connectivity index (χ4n) is 2.27. The molecular weight excluding hydrogens is 252 g/mol. The average molecular weight is 270 g/mol. The van der Waals surface area contributed by atoms with Crippen molar-refractivity contribution in [2.45, 2.75) is 25.3 Å². The summed E-state index contributed by atoms with van der Waals surface area (Å²) in [6, 6.07) is 3.42. The minimum Gasteiger partial charge on any atom is -0.395 e. The molecule has 0 saturated carbocycles. The summed E-state index contributed by atoms with van der Waals surface area (Å²) < 4.78 is 25.8. The van der Waals surface area contributed by atoms with Crippen molar-refractivity contribution in [1.29, 1.82) is 0 Å². The van der Waals surface area contributed by atoms with Gasteiger partial charge in [0.2, 0.25) is 10.0 Å². The number of pyridine rings is 1. The van der Waals surface area contributed by atoms with Crippen LogP contribution in [0.3, 0.4) is 0 Å². The van der Waals surface area contributed by atoms with Crippen LogP contribution in [-0.2, 0) is 16.4 Å². The molecule has 1 N–H and O–H groups in total. The third-order valence-electron chi connectivity index (χ3n) is 3.29. The lowest BCUT2D eigenvalue weighted by Crippen LogP contribution is -2.39. The predicted octanol–water partition coefficient (Wildman–Crippen LogP) is 0.411. The van der Waals surface area contributed by atoms with Crippen LogP contribution in [0, 0.1) is 0 Å². The molecule has 1 aliphatic heterocycles. The molecule has 5 nitrogen and oxygen atoms in total. The Hall–Kier alpha value is -0.980. The summed E-state index contributed by atoms with van der Waals surface area (Å²) in [5.41, 5.74) is 0.966. The van der Waals surface area contributed by atoms with Crippen LogP contribution in [0.5, 0.6) is 0 Å². The first-order valence-electron chi connectivity index (χ1n) is 6.13. The summed E-state index contributed by atoms with van der Waals surface area (Å²) in [6.45, 7) is 0.443. The third-order valence-corrected chi connectivity index (χ3v) is 5.20. The maximum atomic E-state index is 12.2. The van der Waals surface area contributed by atoms with Gasteiger partial charge in [0.15, 0.2) is 0 Å². The number of aliphatic hydroxyl groups is 1. The Bertz CT molecular complexity index is 475. The second-order valence-electron chi connectivity index (χ2n) is 4.51. The quantitative estimate of drug-likeness (QED) is 0.841. The van der Waals surface area contributed by atoms with E-state index >= 15 is 0 Å². The molecule has 2 heterocycles. The van der Waals surface area contributed by atoms with Crippen LogP contribution in [0.15, 0.2) is 24.5 Å². The molecule has 100 valence electrons. The van der Waals surface area contributed by atoms with Crippen LogP contribution in [0.2, 0.25) is 0 Å². The molecule has 0 spiro atoms. The Morgan fingerprint density at radius 2 is 2.11 bits per heavy atom. The van der Waals surface area contributed by atoms with Crippen molar-refractivity contribution in [2.75, 3.05) is 18.9 Å². The zero-order valence-corrected chi connectivity index (χ0v) is 11.0. The summed E-state index contributed by atoms with van der Waals surface area (Å²) >= 11 is 0. The van der Waals surface area contributed by atoms with Crippen molar-refractivity contribution < 1.29 is 13.5 Å². The van der Waals surface area contributed by atoms with E-state index in [0.717, 1.165) is 18.4 Å². The Morgan fingerprint density at radius 1 is 1.39 bits per heavy atom. The Morgan fingerprint density at radius 3 is 2.78 bits per heavy atom. The second kappa shape index (κ2) is 5.77. The van der Waals surface area contributed by atoms with Crippen LogP contribution in [0.25, 0.3) is 0 Å². The Labute approximate surface area is 108 Å². The van der Waals surface area contributed by atoms with E-state index in [1.807, 2.05) is 12.1 Å². The molecule has 1 unspecified atom stereocenters. The SMILES string of the molecule is O=S(=O)(CCc1ccncc1)N1CCCC1CO. The van der Waals surface area contributed by atoms with Gasteiger partial charge in [-0.3, -0.25) is 4.98 Å². The number of hydrogen-bond acceptors (Lipinski definition) is 4. The van der Waals surface area contributed by atoms with Gasteiger partial charge in [-0.05, 0) is 37.0 Å². The van der Waals surface area contributed by atoms with Gasteiger partial charge in [0.05, 0.1) is 12.4 Å². The number of aromatic nitrogens is 1. The topological polar surface area (TPSA) is 70.5 Å². The summed E-state index contributed by atoms with van der Waals surface area (Å²) in [4.78, 5) is 3.90. The molecule has 6 heteroatoms.